The first-order valence-corrected chi connectivity index (χ1v) is 7.49. The van der Waals surface area contributed by atoms with Gasteiger partial charge < -0.3 is 10.1 Å². The maximum absolute atomic E-state index is 12.6. The highest BCUT2D eigenvalue weighted by atomic mass is 16.5. The third-order valence-corrected chi connectivity index (χ3v) is 3.21. The van der Waals surface area contributed by atoms with Crippen LogP contribution >= 0.6 is 0 Å². The Balaban J connectivity index is 2.70. The van der Waals surface area contributed by atoms with E-state index in [1.807, 2.05) is 0 Å². The molecule has 8 nitrogen and oxygen atoms in total. The van der Waals surface area contributed by atoms with Gasteiger partial charge in [-0.15, -0.1) is 0 Å². The number of ketones is 1. The normalized spacial score (nSPS) is 10.3. The molecular weight excluding hydrogens is 312 g/mol. The Bertz CT molecular complexity index is 815. The fourth-order valence-corrected chi connectivity index (χ4v) is 2.17. The van der Waals surface area contributed by atoms with E-state index in [1.54, 1.807) is 32.2 Å². The van der Waals surface area contributed by atoms with Crippen LogP contribution in [0.3, 0.4) is 0 Å². The number of esters is 1. The number of Topliss-reactive ketones (excluding diaryl/α,β-unsaturated/α-hetero) is 1. The summed E-state index contributed by atoms with van der Waals surface area (Å²) in [5, 5.41) is 6.86. The number of rotatable bonds is 6. The smallest absolute Gasteiger partial charge is 0.359 e. The molecule has 1 N–H and O–H groups in total. The maximum Gasteiger partial charge on any atom is 0.359 e. The van der Waals surface area contributed by atoms with Gasteiger partial charge in [-0.3, -0.25) is 14.6 Å². The molecule has 0 unspecified atom stereocenters. The number of nitrogens with zero attached hydrogens (tertiary/aromatic N) is 3. The number of aryl methyl sites for hydroxylation is 1. The summed E-state index contributed by atoms with van der Waals surface area (Å²) in [6.45, 7) is 5.00. The molecule has 0 bridgehead atoms. The molecule has 2 aromatic heterocycles. The lowest BCUT2D eigenvalue weighted by molar-refractivity contribution is 0.0513. The largest absolute Gasteiger partial charge is 0.461 e. The Kier molecular flexibility index (Phi) is 5.41. The molecule has 0 amide bonds. The SMILES string of the molecule is CCOC(=O)c1nn(CC)c(=O)c(Nc2cccnc2)c1C(C)=O. The number of ether oxygens (including phenoxy) is 1. The monoisotopic (exact) mass is 330 g/mol. The molecule has 2 heterocycles. The van der Waals surface area contributed by atoms with Gasteiger partial charge in [0.05, 0.1) is 24.1 Å². The van der Waals surface area contributed by atoms with Crippen LogP contribution in [0.1, 0.15) is 41.6 Å². The average Bonchev–Trinajstić information content (AvgIpc) is 2.57. The minimum absolute atomic E-state index is 0.0181. The van der Waals surface area contributed by atoms with Gasteiger partial charge in [0.1, 0.15) is 5.69 Å². The second kappa shape index (κ2) is 7.49. The molecular formula is C16H18N4O4. The molecule has 0 spiro atoms. The summed E-state index contributed by atoms with van der Waals surface area (Å²) in [4.78, 5) is 40.8. The van der Waals surface area contributed by atoms with Crippen molar-refractivity contribution in [2.24, 2.45) is 0 Å². The van der Waals surface area contributed by atoms with Crippen molar-refractivity contribution in [3.8, 4) is 0 Å². The van der Waals surface area contributed by atoms with Gasteiger partial charge in [0.25, 0.3) is 5.56 Å². The molecule has 0 aromatic carbocycles. The Morgan fingerprint density at radius 3 is 2.62 bits per heavy atom. The topological polar surface area (TPSA) is 103 Å². The van der Waals surface area contributed by atoms with E-state index in [0.29, 0.717) is 5.69 Å². The standard InChI is InChI=1S/C16H18N4O4/c1-4-20-15(22)13(18-11-7-6-8-17-9-11)12(10(3)21)14(19-20)16(23)24-5-2/h6-9,18H,4-5H2,1-3H3. The Morgan fingerprint density at radius 1 is 1.33 bits per heavy atom. The summed E-state index contributed by atoms with van der Waals surface area (Å²) >= 11 is 0. The minimum Gasteiger partial charge on any atom is -0.461 e. The van der Waals surface area contributed by atoms with Gasteiger partial charge in [-0.25, -0.2) is 9.48 Å². The number of carbonyl (C=O) groups excluding carboxylic acids is 2. The van der Waals surface area contributed by atoms with Crippen LogP contribution in [0.2, 0.25) is 0 Å². The van der Waals surface area contributed by atoms with E-state index in [9.17, 15) is 14.4 Å². The lowest BCUT2D eigenvalue weighted by Gasteiger charge is -2.14. The van der Waals surface area contributed by atoms with E-state index < -0.39 is 17.3 Å². The molecule has 0 aliphatic rings. The van der Waals surface area contributed by atoms with Crippen molar-refractivity contribution in [1.29, 1.82) is 0 Å². The molecule has 8 heteroatoms. The summed E-state index contributed by atoms with van der Waals surface area (Å²) in [6.07, 6.45) is 3.09. The van der Waals surface area contributed by atoms with Gasteiger partial charge in [-0.1, -0.05) is 0 Å². The quantitative estimate of drug-likeness (QED) is 0.636. The predicted molar refractivity (Wildman–Crippen MR) is 87.7 cm³/mol. The van der Waals surface area contributed by atoms with E-state index >= 15 is 0 Å². The molecule has 0 aliphatic heterocycles. The third kappa shape index (κ3) is 3.48. The zero-order valence-corrected chi connectivity index (χ0v) is 13.7. The highest BCUT2D eigenvalue weighted by Crippen LogP contribution is 2.20. The minimum atomic E-state index is -0.751. The van der Waals surface area contributed by atoms with Crippen LogP contribution in [-0.4, -0.2) is 33.1 Å². The van der Waals surface area contributed by atoms with Crippen molar-refractivity contribution in [3.05, 3.63) is 46.1 Å². The average molecular weight is 330 g/mol. The molecule has 2 rings (SSSR count). The second-order valence-electron chi connectivity index (χ2n) is 4.86. The highest BCUT2D eigenvalue weighted by Gasteiger charge is 2.26. The van der Waals surface area contributed by atoms with Gasteiger partial charge in [-0.2, -0.15) is 5.10 Å². The van der Waals surface area contributed by atoms with Gasteiger partial charge >= 0.3 is 5.97 Å². The molecule has 0 aliphatic carbocycles. The zero-order chi connectivity index (χ0) is 17.7. The van der Waals surface area contributed by atoms with Gasteiger partial charge in [-0.05, 0) is 32.9 Å². The van der Waals surface area contributed by atoms with Crippen molar-refractivity contribution in [1.82, 2.24) is 14.8 Å². The highest BCUT2D eigenvalue weighted by molar-refractivity contribution is 6.08. The van der Waals surface area contributed by atoms with E-state index in [1.165, 1.54) is 13.1 Å². The number of hydrogen-bond donors (Lipinski definition) is 1. The van der Waals surface area contributed by atoms with Crippen LogP contribution in [0.4, 0.5) is 11.4 Å². The van der Waals surface area contributed by atoms with Crippen molar-refractivity contribution < 1.29 is 14.3 Å². The van der Waals surface area contributed by atoms with E-state index in [2.05, 4.69) is 15.4 Å². The van der Waals surface area contributed by atoms with Crippen molar-refractivity contribution in [2.75, 3.05) is 11.9 Å². The van der Waals surface area contributed by atoms with Crippen molar-refractivity contribution >= 4 is 23.1 Å². The summed E-state index contributed by atoms with van der Waals surface area (Å²) < 4.78 is 6.06. The number of hydrogen-bond acceptors (Lipinski definition) is 7. The number of anilines is 2. The van der Waals surface area contributed by atoms with Crippen molar-refractivity contribution in [2.45, 2.75) is 27.3 Å². The van der Waals surface area contributed by atoms with E-state index in [4.69, 9.17) is 4.74 Å². The molecule has 0 atom stereocenters. The first-order valence-electron chi connectivity index (χ1n) is 7.49. The Morgan fingerprint density at radius 2 is 2.08 bits per heavy atom. The Hall–Kier alpha value is -3.03. The molecule has 0 fully saturated rings. The number of aromatic nitrogens is 3. The summed E-state index contributed by atoms with van der Waals surface area (Å²) in [5.74, 6) is -1.21. The van der Waals surface area contributed by atoms with E-state index in [0.717, 1.165) is 4.68 Å². The molecule has 126 valence electrons. The number of pyridine rings is 1. The predicted octanol–water partition coefficient (Wildman–Crippen LogP) is 1.78. The van der Waals surface area contributed by atoms with Crippen LogP contribution in [0.25, 0.3) is 0 Å². The summed E-state index contributed by atoms with van der Waals surface area (Å²) in [6, 6.07) is 3.37. The maximum atomic E-state index is 12.6. The van der Waals surface area contributed by atoms with Crippen molar-refractivity contribution in [3.63, 3.8) is 0 Å². The first kappa shape index (κ1) is 17.3. The third-order valence-electron chi connectivity index (χ3n) is 3.21. The fraction of sp³-hybridized carbons (Fsp3) is 0.312. The van der Waals surface area contributed by atoms with Crippen LogP contribution in [0.15, 0.2) is 29.3 Å². The molecule has 2 aromatic rings. The second-order valence-corrected chi connectivity index (χ2v) is 4.86. The molecule has 0 radical (unpaired) electrons. The zero-order valence-electron chi connectivity index (χ0n) is 13.7. The van der Waals surface area contributed by atoms with Gasteiger partial charge in [0, 0.05) is 12.7 Å². The van der Waals surface area contributed by atoms with E-state index in [-0.39, 0.29) is 30.1 Å². The molecule has 0 saturated heterocycles. The number of nitrogens with one attached hydrogen (secondary N) is 1. The molecule has 24 heavy (non-hydrogen) atoms. The Labute approximate surface area is 138 Å². The number of carbonyl (C=O) groups is 2. The first-order chi connectivity index (χ1) is 11.5. The van der Waals surface area contributed by atoms with Crippen LogP contribution in [0.5, 0.6) is 0 Å². The summed E-state index contributed by atoms with van der Waals surface area (Å²) in [7, 11) is 0. The summed E-state index contributed by atoms with van der Waals surface area (Å²) in [5.41, 5.74) is -0.278. The fourth-order valence-electron chi connectivity index (χ4n) is 2.17. The molecule has 0 saturated carbocycles. The van der Waals surface area contributed by atoms with Gasteiger partial charge in [0.15, 0.2) is 11.5 Å². The van der Waals surface area contributed by atoms with Crippen LogP contribution in [0, 0.1) is 0 Å². The van der Waals surface area contributed by atoms with Crippen LogP contribution < -0.4 is 10.9 Å². The lowest BCUT2D eigenvalue weighted by atomic mass is 10.1. The lowest BCUT2D eigenvalue weighted by Crippen LogP contribution is -2.31. The van der Waals surface area contributed by atoms with Gasteiger partial charge in [0.2, 0.25) is 0 Å². The van der Waals surface area contributed by atoms with Crippen LogP contribution in [-0.2, 0) is 11.3 Å².